The largest absolute Gasteiger partial charge is 0.374 e. The predicted octanol–water partition coefficient (Wildman–Crippen LogP) is 6.04. The summed E-state index contributed by atoms with van der Waals surface area (Å²) in [5.74, 6) is 0. The van der Waals surface area contributed by atoms with Crippen LogP contribution in [0.2, 0.25) is 0 Å². The van der Waals surface area contributed by atoms with E-state index in [0.29, 0.717) is 0 Å². The third-order valence-corrected chi connectivity index (χ3v) is 11.8. The van der Waals surface area contributed by atoms with Crippen LogP contribution in [0.25, 0.3) is 0 Å². The van der Waals surface area contributed by atoms with Gasteiger partial charge in [-0.15, -0.1) is 0 Å². The van der Waals surface area contributed by atoms with E-state index >= 15 is 0 Å². The van der Waals surface area contributed by atoms with Gasteiger partial charge in [-0.05, 0) is 54.8 Å². The molecule has 1 aliphatic heterocycles. The quantitative estimate of drug-likeness (QED) is 0.125. The van der Waals surface area contributed by atoms with Crippen molar-refractivity contribution in [3.05, 3.63) is 167 Å². The molecule has 1 heterocycles. The fraction of sp³-hybridized carbons (Fsp3) is 0.268. The zero-order valence-corrected chi connectivity index (χ0v) is 31.2. The molecule has 10 nitrogen and oxygen atoms in total. The van der Waals surface area contributed by atoms with Crippen LogP contribution in [0, 0.1) is 13.8 Å². The average molecular weight is 757 g/mol. The molecule has 0 amide bonds. The summed E-state index contributed by atoms with van der Waals surface area (Å²) in [5, 5.41) is 0. The highest BCUT2D eigenvalue weighted by atomic mass is 32.2. The van der Waals surface area contributed by atoms with Gasteiger partial charge < -0.3 is 18.9 Å². The number of benzene rings is 5. The van der Waals surface area contributed by atoms with Crippen LogP contribution < -0.4 is 9.44 Å². The molecular weight excluding hydrogens is 713 g/mol. The van der Waals surface area contributed by atoms with Crippen LogP contribution in [0.1, 0.15) is 27.8 Å². The van der Waals surface area contributed by atoms with Gasteiger partial charge in [-0.2, -0.15) is 4.72 Å². The minimum Gasteiger partial charge on any atom is -0.374 e. The molecule has 278 valence electrons. The van der Waals surface area contributed by atoms with Crippen molar-refractivity contribution in [3.63, 3.8) is 0 Å². The Morgan fingerprint density at radius 1 is 0.528 bits per heavy atom. The molecule has 5 aromatic rings. The molecule has 53 heavy (non-hydrogen) atoms. The molecule has 1 saturated heterocycles. The van der Waals surface area contributed by atoms with Gasteiger partial charge in [0.1, 0.15) is 24.5 Å². The van der Waals surface area contributed by atoms with E-state index in [1.54, 1.807) is 24.3 Å². The number of ether oxygens (including phenoxy) is 4. The summed E-state index contributed by atoms with van der Waals surface area (Å²) in [4.78, 5) is -0.00644. The van der Waals surface area contributed by atoms with E-state index in [1.807, 2.05) is 105 Å². The van der Waals surface area contributed by atoms with E-state index in [2.05, 4.69) is 9.44 Å². The highest BCUT2D eigenvalue weighted by Gasteiger charge is 2.50. The minimum absolute atomic E-state index is 0.000114. The summed E-state index contributed by atoms with van der Waals surface area (Å²) in [7, 11) is -8.48. The van der Waals surface area contributed by atoms with E-state index in [1.165, 1.54) is 24.3 Å². The van der Waals surface area contributed by atoms with Crippen molar-refractivity contribution in [2.75, 3.05) is 6.61 Å². The van der Waals surface area contributed by atoms with Gasteiger partial charge in [-0.3, -0.25) is 0 Å². The Morgan fingerprint density at radius 3 is 1.42 bits per heavy atom. The first-order chi connectivity index (χ1) is 25.6. The molecule has 5 aromatic carbocycles. The van der Waals surface area contributed by atoms with E-state index in [0.717, 1.165) is 27.8 Å². The van der Waals surface area contributed by atoms with Crippen LogP contribution in [0.5, 0.6) is 0 Å². The maximum atomic E-state index is 14.1. The van der Waals surface area contributed by atoms with Gasteiger partial charge in [-0.1, -0.05) is 126 Å². The maximum Gasteiger partial charge on any atom is 0.242 e. The Kier molecular flexibility index (Phi) is 12.9. The maximum absolute atomic E-state index is 14.1. The summed E-state index contributed by atoms with van der Waals surface area (Å²) < 4.78 is 87.4. The highest BCUT2D eigenvalue weighted by Crippen LogP contribution is 2.30. The number of rotatable bonds is 16. The van der Waals surface area contributed by atoms with Gasteiger partial charge in [0.15, 0.2) is 0 Å². The first-order valence-electron chi connectivity index (χ1n) is 17.3. The molecular formula is C41H44N2O8S2. The SMILES string of the molecule is Cc1ccc(S(=O)(=O)N[C@@H]2[C@@H](OCc3ccccc3)[C@H](OCc3ccccc3)[C@@H](COCc3ccccc3)O[C@H]2NS(=O)(=O)c2ccc(C)cc2)cc1. The monoisotopic (exact) mass is 756 g/mol. The van der Waals surface area contributed by atoms with E-state index < -0.39 is 50.6 Å². The van der Waals surface area contributed by atoms with Crippen molar-refractivity contribution >= 4 is 20.0 Å². The second-order valence-electron chi connectivity index (χ2n) is 13.0. The van der Waals surface area contributed by atoms with Crippen molar-refractivity contribution in [1.82, 2.24) is 9.44 Å². The lowest BCUT2D eigenvalue weighted by atomic mass is 9.96. The van der Waals surface area contributed by atoms with Gasteiger partial charge in [0, 0.05) is 0 Å². The Hall–Kier alpha value is -4.24. The van der Waals surface area contributed by atoms with Crippen LogP contribution >= 0.6 is 0 Å². The lowest BCUT2D eigenvalue weighted by Crippen LogP contribution is -2.69. The molecule has 0 saturated carbocycles. The standard InChI is InChI=1S/C41H44N2O8S2/c1-30-18-22-35(23-19-30)52(44,45)42-38-40(50-28-34-16-10-5-11-17-34)39(49-27-33-14-8-4-9-15-33)37(29-48-26-32-12-6-3-7-13-32)51-41(38)43-53(46,47)36-24-20-31(2)21-25-36/h3-25,37-43H,26-29H2,1-2H3/t37-,38-,39-,40-,41-/m1/s1. The third kappa shape index (κ3) is 10.5. The van der Waals surface area contributed by atoms with Crippen molar-refractivity contribution in [3.8, 4) is 0 Å². The summed E-state index contributed by atoms with van der Waals surface area (Å²) in [6.07, 6.45) is -4.32. The van der Waals surface area contributed by atoms with Gasteiger partial charge in [0.2, 0.25) is 20.0 Å². The normalized spacial score (nSPS) is 20.6. The smallest absolute Gasteiger partial charge is 0.242 e. The molecule has 2 N–H and O–H groups in total. The number of hydrogen-bond acceptors (Lipinski definition) is 8. The van der Waals surface area contributed by atoms with Gasteiger partial charge >= 0.3 is 0 Å². The van der Waals surface area contributed by atoms with Crippen LogP contribution in [-0.2, 0) is 58.8 Å². The fourth-order valence-corrected chi connectivity index (χ4v) is 8.39. The third-order valence-electron chi connectivity index (χ3n) is 8.88. The lowest BCUT2D eigenvalue weighted by molar-refractivity contribution is -0.232. The molecule has 12 heteroatoms. The molecule has 0 radical (unpaired) electrons. The molecule has 1 fully saturated rings. The van der Waals surface area contributed by atoms with Crippen molar-refractivity contribution in [2.24, 2.45) is 0 Å². The van der Waals surface area contributed by atoms with Gasteiger partial charge in [0.25, 0.3) is 0 Å². The molecule has 0 unspecified atom stereocenters. The molecule has 0 aromatic heterocycles. The first kappa shape index (κ1) is 38.5. The zero-order valence-electron chi connectivity index (χ0n) is 29.6. The number of nitrogens with one attached hydrogen (secondary N) is 2. The molecule has 0 spiro atoms. The topological polar surface area (TPSA) is 129 Å². The molecule has 1 aliphatic rings. The lowest BCUT2D eigenvalue weighted by Gasteiger charge is -2.46. The number of aryl methyl sites for hydroxylation is 2. The van der Waals surface area contributed by atoms with Gasteiger partial charge in [-0.25, -0.2) is 21.6 Å². The zero-order chi connectivity index (χ0) is 37.3. The van der Waals surface area contributed by atoms with Crippen LogP contribution in [0.15, 0.2) is 149 Å². The Bertz CT molecular complexity index is 2100. The van der Waals surface area contributed by atoms with E-state index in [4.69, 9.17) is 18.9 Å². The van der Waals surface area contributed by atoms with Crippen LogP contribution in [-0.4, -0.2) is 54.0 Å². The predicted molar refractivity (Wildman–Crippen MR) is 202 cm³/mol. The molecule has 6 rings (SSSR count). The molecule has 0 aliphatic carbocycles. The number of hydrogen-bond donors (Lipinski definition) is 2. The van der Waals surface area contributed by atoms with E-state index in [-0.39, 0.29) is 36.2 Å². The van der Waals surface area contributed by atoms with Crippen LogP contribution in [0.3, 0.4) is 0 Å². The second-order valence-corrected chi connectivity index (χ2v) is 16.4. The van der Waals surface area contributed by atoms with Crippen molar-refractivity contribution < 1.29 is 35.8 Å². The minimum atomic E-state index is -4.24. The van der Waals surface area contributed by atoms with Crippen LogP contribution in [0.4, 0.5) is 0 Å². The second kappa shape index (κ2) is 17.7. The Morgan fingerprint density at radius 2 is 0.943 bits per heavy atom. The molecule has 0 bridgehead atoms. The Balaban J connectivity index is 1.40. The first-order valence-corrected chi connectivity index (χ1v) is 20.3. The Labute approximate surface area is 312 Å². The fourth-order valence-electron chi connectivity index (χ4n) is 6.01. The summed E-state index contributed by atoms with van der Waals surface area (Å²) in [6, 6.07) is 40.0. The summed E-state index contributed by atoms with van der Waals surface area (Å²) in [5.41, 5.74) is 4.39. The van der Waals surface area contributed by atoms with Crippen molar-refractivity contribution in [1.29, 1.82) is 0 Å². The molecule has 5 atom stereocenters. The highest BCUT2D eigenvalue weighted by molar-refractivity contribution is 7.90. The number of sulfonamides is 2. The van der Waals surface area contributed by atoms with E-state index in [9.17, 15) is 16.8 Å². The average Bonchev–Trinajstić information content (AvgIpc) is 3.16. The van der Waals surface area contributed by atoms with Crippen molar-refractivity contribution in [2.45, 2.75) is 74.0 Å². The summed E-state index contributed by atoms with van der Waals surface area (Å²) >= 11 is 0. The van der Waals surface area contributed by atoms with Gasteiger partial charge in [0.05, 0.1) is 42.3 Å². The summed E-state index contributed by atoms with van der Waals surface area (Å²) in [6.45, 7) is 4.18.